The molecule has 0 bridgehead atoms. The second-order valence-electron chi connectivity index (χ2n) is 5.32. The molecule has 1 aromatic heterocycles. The van der Waals surface area contributed by atoms with Crippen molar-refractivity contribution in [2.75, 3.05) is 20.0 Å². The molecule has 1 aliphatic heterocycles. The van der Waals surface area contributed by atoms with E-state index in [-0.39, 0.29) is 6.61 Å². The number of amides is 1. The quantitative estimate of drug-likeness (QED) is 0.575. The third kappa shape index (κ3) is 4.34. The fourth-order valence-electron chi connectivity index (χ4n) is 2.57. The summed E-state index contributed by atoms with van der Waals surface area (Å²) in [5.74, 6) is -0.942. The van der Waals surface area contributed by atoms with Gasteiger partial charge in [-0.05, 0) is 6.92 Å². The zero-order valence-corrected chi connectivity index (χ0v) is 14.6. The van der Waals surface area contributed by atoms with E-state index in [9.17, 15) is 22.8 Å². The molecule has 0 radical (unpaired) electrons. The smallest absolute Gasteiger partial charge is 0.330 e. The van der Waals surface area contributed by atoms with Crippen molar-refractivity contribution in [3.8, 4) is 0 Å². The van der Waals surface area contributed by atoms with Crippen LogP contribution in [0.2, 0.25) is 0 Å². The van der Waals surface area contributed by atoms with Crippen molar-refractivity contribution in [3.05, 3.63) is 33.1 Å². The van der Waals surface area contributed by atoms with Crippen molar-refractivity contribution in [2.45, 2.75) is 31.5 Å². The summed E-state index contributed by atoms with van der Waals surface area (Å²) in [6, 6.07) is 1.11. The normalized spacial score (nSPS) is 26.5. The molecule has 0 saturated carbocycles. The molecular weight excluding hydrogens is 358 g/mol. The summed E-state index contributed by atoms with van der Waals surface area (Å²) in [4.78, 5) is 37.5. The van der Waals surface area contributed by atoms with Gasteiger partial charge in [-0.2, -0.15) is 0 Å². The second kappa shape index (κ2) is 7.47. The number of aromatic amines is 1. The van der Waals surface area contributed by atoms with Crippen LogP contribution in [0.3, 0.4) is 0 Å². The van der Waals surface area contributed by atoms with Gasteiger partial charge in [0.25, 0.3) is 11.5 Å². The van der Waals surface area contributed by atoms with Gasteiger partial charge in [0, 0.05) is 26.0 Å². The first-order valence-corrected chi connectivity index (χ1v) is 9.20. The van der Waals surface area contributed by atoms with E-state index in [1.165, 1.54) is 13.3 Å². The van der Waals surface area contributed by atoms with Crippen LogP contribution in [0, 0.1) is 0 Å². The lowest BCUT2D eigenvalue weighted by atomic mass is 10.1. The number of ether oxygens (including phenoxy) is 3. The molecule has 1 saturated heterocycles. The standard InChI is InChI=1S/C13H19N3O8S/c1-4-23-8-9(11(18)15-25(3,20)21)24-12(10(8)22-2)16-6-5-7(17)14-13(16)19/h5-6,8-10,12H,4H2,1-3H3,(H,15,18)(H,14,17,19)/t8-,9+,10-,12-/m1/s1. The van der Waals surface area contributed by atoms with Crippen LogP contribution in [0.1, 0.15) is 13.2 Å². The maximum absolute atomic E-state index is 12.2. The zero-order valence-electron chi connectivity index (χ0n) is 13.8. The van der Waals surface area contributed by atoms with E-state index in [2.05, 4.69) is 4.98 Å². The van der Waals surface area contributed by atoms with Crippen molar-refractivity contribution in [2.24, 2.45) is 0 Å². The van der Waals surface area contributed by atoms with Crippen LogP contribution in [-0.2, 0) is 29.0 Å². The molecule has 2 N–H and O–H groups in total. The van der Waals surface area contributed by atoms with Gasteiger partial charge in [0.05, 0.1) is 6.26 Å². The predicted molar refractivity (Wildman–Crippen MR) is 84.4 cm³/mol. The summed E-state index contributed by atoms with van der Waals surface area (Å²) in [7, 11) is -2.48. The number of sulfonamides is 1. The Balaban J connectivity index is 2.40. The van der Waals surface area contributed by atoms with Crippen molar-refractivity contribution in [1.82, 2.24) is 14.3 Å². The molecule has 1 fully saturated rings. The van der Waals surface area contributed by atoms with Crippen LogP contribution in [-0.4, -0.2) is 62.2 Å². The highest BCUT2D eigenvalue weighted by Gasteiger charge is 2.50. The Morgan fingerprint density at radius 1 is 1.40 bits per heavy atom. The third-order valence-electron chi connectivity index (χ3n) is 3.49. The molecule has 140 valence electrons. The average molecular weight is 377 g/mol. The molecule has 4 atom stereocenters. The summed E-state index contributed by atoms with van der Waals surface area (Å²) in [6.45, 7) is 1.88. The molecule has 0 spiro atoms. The monoisotopic (exact) mass is 377 g/mol. The Kier molecular flexibility index (Phi) is 5.77. The van der Waals surface area contributed by atoms with Gasteiger partial charge in [-0.25, -0.2) is 13.2 Å². The Morgan fingerprint density at radius 2 is 2.08 bits per heavy atom. The Bertz CT molecular complexity index is 845. The van der Waals surface area contributed by atoms with E-state index in [4.69, 9.17) is 14.2 Å². The van der Waals surface area contributed by atoms with E-state index >= 15 is 0 Å². The van der Waals surface area contributed by atoms with Crippen LogP contribution in [0.15, 0.2) is 21.9 Å². The van der Waals surface area contributed by atoms with Crippen LogP contribution in [0.5, 0.6) is 0 Å². The maximum atomic E-state index is 12.2. The molecule has 11 nitrogen and oxygen atoms in total. The molecule has 12 heteroatoms. The second-order valence-corrected chi connectivity index (χ2v) is 7.07. The minimum absolute atomic E-state index is 0.198. The average Bonchev–Trinajstić information content (AvgIpc) is 2.84. The highest BCUT2D eigenvalue weighted by molar-refractivity contribution is 7.89. The van der Waals surface area contributed by atoms with Crippen molar-refractivity contribution in [1.29, 1.82) is 0 Å². The molecule has 0 aromatic carbocycles. The SMILES string of the molecule is CCO[C@H]1[C@@H](OC)[C@H](n2ccc(=O)[nH]c2=O)O[C@@H]1C(=O)NS(C)(=O)=O. The van der Waals surface area contributed by atoms with Gasteiger partial charge in [0.15, 0.2) is 12.3 Å². The number of aromatic nitrogens is 2. The fourth-order valence-corrected chi connectivity index (χ4v) is 3.05. The van der Waals surface area contributed by atoms with E-state index in [1.807, 2.05) is 4.72 Å². The van der Waals surface area contributed by atoms with Crippen molar-refractivity contribution in [3.63, 3.8) is 0 Å². The van der Waals surface area contributed by atoms with Gasteiger partial charge in [-0.1, -0.05) is 0 Å². The minimum atomic E-state index is -3.81. The fraction of sp³-hybridized carbons (Fsp3) is 0.615. The number of carbonyl (C=O) groups excluding carboxylic acids is 1. The largest absolute Gasteiger partial charge is 0.374 e. The minimum Gasteiger partial charge on any atom is -0.374 e. The number of carbonyl (C=O) groups is 1. The number of methoxy groups -OCH3 is 1. The topological polar surface area (TPSA) is 146 Å². The number of H-pyrrole nitrogens is 1. The van der Waals surface area contributed by atoms with Gasteiger partial charge in [-0.15, -0.1) is 0 Å². The number of rotatable bonds is 6. The van der Waals surface area contributed by atoms with E-state index < -0.39 is 51.7 Å². The maximum Gasteiger partial charge on any atom is 0.330 e. The van der Waals surface area contributed by atoms with Gasteiger partial charge in [0.2, 0.25) is 10.0 Å². The molecule has 0 unspecified atom stereocenters. The molecule has 1 aromatic rings. The lowest BCUT2D eigenvalue weighted by Gasteiger charge is -2.22. The number of nitrogens with zero attached hydrogens (tertiary/aromatic N) is 1. The van der Waals surface area contributed by atoms with Crippen LogP contribution >= 0.6 is 0 Å². The first-order chi connectivity index (χ1) is 11.7. The number of hydrogen-bond acceptors (Lipinski definition) is 8. The Morgan fingerprint density at radius 3 is 2.60 bits per heavy atom. The van der Waals surface area contributed by atoms with Crippen LogP contribution in [0.4, 0.5) is 0 Å². The molecule has 1 amide bonds. The summed E-state index contributed by atoms with van der Waals surface area (Å²) in [5.41, 5.74) is -1.36. The molecule has 0 aliphatic carbocycles. The molecule has 2 heterocycles. The summed E-state index contributed by atoms with van der Waals surface area (Å²) >= 11 is 0. The van der Waals surface area contributed by atoms with Gasteiger partial charge < -0.3 is 14.2 Å². The lowest BCUT2D eigenvalue weighted by molar-refractivity contribution is -0.137. The molecule has 1 aliphatic rings. The predicted octanol–water partition coefficient (Wildman–Crippen LogP) is -2.07. The summed E-state index contributed by atoms with van der Waals surface area (Å²) < 4.78 is 41.8. The van der Waals surface area contributed by atoms with E-state index in [1.54, 1.807) is 6.92 Å². The highest BCUT2D eigenvalue weighted by atomic mass is 32.2. The number of hydrogen-bond donors (Lipinski definition) is 2. The Hall–Kier alpha value is -2.02. The zero-order chi connectivity index (χ0) is 18.8. The summed E-state index contributed by atoms with van der Waals surface area (Å²) in [5, 5.41) is 0. The Labute approximate surface area is 142 Å². The van der Waals surface area contributed by atoms with E-state index in [0.29, 0.717) is 0 Å². The first-order valence-electron chi connectivity index (χ1n) is 7.31. The van der Waals surface area contributed by atoms with Crippen molar-refractivity contribution < 1.29 is 27.4 Å². The summed E-state index contributed by atoms with van der Waals surface area (Å²) in [6.07, 6.45) is -2.26. The van der Waals surface area contributed by atoms with E-state index in [0.717, 1.165) is 16.9 Å². The van der Waals surface area contributed by atoms with Gasteiger partial charge in [-0.3, -0.25) is 23.9 Å². The van der Waals surface area contributed by atoms with Crippen LogP contribution < -0.4 is 16.0 Å². The lowest BCUT2D eigenvalue weighted by Crippen LogP contribution is -2.46. The van der Waals surface area contributed by atoms with Gasteiger partial charge in [0.1, 0.15) is 12.2 Å². The molecular formula is C13H19N3O8S. The highest BCUT2D eigenvalue weighted by Crippen LogP contribution is 2.32. The third-order valence-corrected chi connectivity index (χ3v) is 4.06. The van der Waals surface area contributed by atoms with Crippen LogP contribution in [0.25, 0.3) is 0 Å². The van der Waals surface area contributed by atoms with Crippen molar-refractivity contribution >= 4 is 15.9 Å². The first kappa shape index (κ1) is 19.3. The number of nitrogens with one attached hydrogen (secondary N) is 2. The van der Waals surface area contributed by atoms with Gasteiger partial charge >= 0.3 is 5.69 Å². The molecule has 2 rings (SSSR count). The molecule has 25 heavy (non-hydrogen) atoms.